The largest absolute Gasteiger partial charge is 0.309 e. The van der Waals surface area contributed by atoms with Crippen molar-refractivity contribution in [1.82, 2.24) is 18.9 Å². The van der Waals surface area contributed by atoms with Gasteiger partial charge in [-0.2, -0.15) is 0 Å². The van der Waals surface area contributed by atoms with Gasteiger partial charge in [0.2, 0.25) is 0 Å². The normalized spacial score (nSPS) is 12.4. The minimum atomic E-state index is 0.959. The van der Waals surface area contributed by atoms with Gasteiger partial charge in [0.25, 0.3) is 0 Å². The number of aromatic nitrogens is 4. The molecule has 0 aliphatic heterocycles. The van der Waals surface area contributed by atoms with Gasteiger partial charge in [0.1, 0.15) is 5.65 Å². The highest BCUT2D eigenvalue weighted by Gasteiger charge is 2.20. The van der Waals surface area contributed by atoms with Crippen molar-refractivity contribution < 1.29 is 0 Å². The molecule has 0 radical (unpaired) electrons. The first-order valence-electron chi connectivity index (χ1n) is 13.8. The van der Waals surface area contributed by atoms with E-state index >= 15 is 0 Å². The molecule has 0 N–H and O–H groups in total. The van der Waals surface area contributed by atoms with Crippen molar-refractivity contribution in [2.45, 2.75) is 0 Å². The zero-order valence-corrected chi connectivity index (χ0v) is 22.6. The number of hydrogen-bond donors (Lipinski definition) is 0. The van der Waals surface area contributed by atoms with Crippen LogP contribution in [0.3, 0.4) is 0 Å². The number of fused-ring (bicyclic) bond motifs is 14. The van der Waals surface area contributed by atoms with E-state index < -0.39 is 0 Å². The summed E-state index contributed by atoms with van der Waals surface area (Å²) in [6.07, 6.45) is 1.89. The molecule has 41 heavy (non-hydrogen) atoms. The molecule has 4 nitrogen and oxygen atoms in total. The monoisotopic (exact) mass is 540 g/mol. The Morgan fingerprint density at radius 2 is 1.27 bits per heavy atom. The van der Waals surface area contributed by atoms with Crippen LogP contribution in [0.4, 0.5) is 0 Å². The Morgan fingerprint density at radius 3 is 2.20 bits per heavy atom. The predicted octanol–water partition coefficient (Wildman–Crippen LogP) is 9.65. The van der Waals surface area contributed by atoms with E-state index in [0.29, 0.717) is 0 Å². The van der Waals surface area contributed by atoms with Crippen LogP contribution >= 0.6 is 11.3 Å². The third kappa shape index (κ3) is 2.78. The molecule has 0 saturated carbocycles. The predicted molar refractivity (Wildman–Crippen MR) is 173 cm³/mol. The summed E-state index contributed by atoms with van der Waals surface area (Å²) in [5, 5.41) is 7.32. The van der Waals surface area contributed by atoms with Crippen LogP contribution in [-0.2, 0) is 0 Å². The van der Waals surface area contributed by atoms with Crippen molar-refractivity contribution in [3.8, 4) is 5.69 Å². The lowest BCUT2D eigenvalue weighted by Crippen LogP contribution is -1.95. The van der Waals surface area contributed by atoms with Gasteiger partial charge >= 0.3 is 0 Å². The van der Waals surface area contributed by atoms with Crippen LogP contribution < -0.4 is 0 Å². The third-order valence-corrected chi connectivity index (χ3v) is 9.63. The minimum absolute atomic E-state index is 0.959. The molecule has 0 aliphatic rings. The molecule has 0 amide bonds. The molecule has 0 atom stereocenters. The van der Waals surface area contributed by atoms with Gasteiger partial charge < -0.3 is 4.57 Å². The van der Waals surface area contributed by atoms with Crippen molar-refractivity contribution in [1.29, 1.82) is 0 Å². The second kappa shape index (κ2) is 7.68. The van der Waals surface area contributed by atoms with Crippen molar-refractivity contribution in [2.75, 3.05) is 0 Å². The van der Waals surface area contributed by atoms with Gasteiger partial charge in [0.15, 0.2) is 0 Å². The molecule has 190 valence electrons. The average molecular weight is 541 g/mol. The van der Waals surface area contributed by atoms with Crippen molar-refractivity contribution in [3.63, 3.8) is 0 Å². The number of benzene rings is 5. The van der Waals surface area contributed by atoms with Crippen LogP contribution in [0.25, 0.3) is 86.2 Å². The van der Waals surface area contributed by atoms with E-state index in [4.69, 9.17) is 9.97 Å². The number of nitrogens with zero attached hydrogens (tertiary/aromatic N) is 4. The highest BCUT2D eigenvalue weighted by atomic mass is 32.1. The number of imidazole rings is 1. The quantitative estimate of drug-likeness (QED) is 0.194. The molecule has 0 fully saturated rings. The molecule has 5 aromatic heterocycles. The summed E-state index contributed by atoms with van der Waals surface area (Å²) in [5.74, 6) is 0. The summed E-state index contributed by atoms with van der Waals surface area (Å²) >= 11 is 1.86. The summed E-state index contributed by atoms with van der Waals surface area (Å²) in [6, 6.07) is 41.4. The molecular weight excluding hydrogens is 520 g/mol. The molecule has 0 unspecified atom stereocenters. The first-order chi connectivity index (χ1) is 20.3. The van der Waals surface area contributed by atoms with Gasteiger partial charge in [-0.15, -0.1) is 11.3 Å². The van der Waals surface area contributed by atoms with Crippen molar-refractivity contribution >= 4 is 91.8 Å². The molecule has 10 rings (SSSR count). The van der Waals surface area contributed by atoms with E-state index in [9.17, 15) is 0 Å². The molecular formula is C36H20N4S. The minimum Gasteiger partial charge on any atom is -0.309 e. The number of thiophene rings is 1. The lowest BCUT2D eigenvalue weighted by molar-refractivity contribution is 1.18. The lowest BCUT2D eigenvalue weighted by atomic mass is 10.0. The molecule has 0 saturated heterocycles. The molecule has 5 aromatic carbocycles. The van der Waals surface area contributed by atoms with E-state index in [0.717, 1.165) is 44.2 Å². The topological polar surface area (TPSA) is 35.1 Å². The Hall–Kier alpha value is -5.26. The first-order valence-corrected chi connectivity index (χ1v) is 14.6. The Bertz CT molecular complexity index is 2690. The van der Waals surface area contributed by atoms with Gasteiger partial charge in [0, 0.05) is 53.6 Å². The van der Waals surface area contributed by atoms with Crippen LogP contribution in [0, 0.1) is 0 Å². The van der Waals surface area contributed by atoms with Crippen LogP contribution in [0.5, 0.6) is 0 Å². The molecule has 5 heterocycles. The van der Waals surface area contributed by atoms with Crippen LogP contribution in [-0.4, -0.2) is 18.9 Å². The Kier molecular flexibility index (Phi) is 4.04. The first kappa shape index (κ1) is 21.5. The fourth-order valence-electron chi connectivity index (χ4n) is 6.75. The fourth-order valence-corrected chi connectivity index (χ4v) is 7.87. The number of hydrogen-bond acceptors (Lipinski definition) is 3. The maximum absolute atomic E-state index is 5.15. The van der Waals surface area contributed by atoms with Gasteiger partial charge in [-0.25, -0.2) is 4.98 Å². The van der Waals surface area contributed by atoms with E-state index in [2.05, 4.69) is 118 Å². The molecule has 0 spiro atoms. The Balaban J connectivity index is 1.47. The summed E-state index contributed by atoms with van der Waals surface area (Å²) in [7, 11) is 0. The van der Waals surface area contributed by atoms with Crippen LogP contribution in [0.1, 0.15) is 0 Å². The maximum Gasteiger partial charge on any atom is 0.146 e. The molecule has 5 heteroatoms. The summed E-state index contributed by atoms with van der Waals surface area (Å²) in [6.45, 7) is 0. The SMILES string of the molecule is c1ccc(-n2c3cc4sc5ccccc5c4cc3c3cc4c(cc32)c2nc3ccccc3n2c2cccnc42)cc1. The van der Waals surface area contributed by atoms with Gasteiger partial charge in [-0.05, 0) is 66.7 Å². The van der Waals surface area contributed by atoms with Crippen molar-refractivity contribution in [2.24, 2.45) is 0 Å². The Labute approximate surface area is 237 Å². The van der Waals surface area contributed by atoms with E-state index in [-0.39, 0.29) is 0 Å². The van der Waals surface area contributed by atoms with E-state index in [1.807, 2.05) is 23.6 Å². The number of pyridine rings is 2. The highest BCUT2D eigenvalue weighted by molar-refractivity contribution is 7.25. The second-order valence-electron chi connectivity index (χ2n) is 10.7. The number of para-hydroxylation sites is 3. The summed E-state index contributed by atoms with van der Waals surface area (Å²) in [5.41, 5.74) is 8.63. The zero-order valence-electron chi connectivity index (χ0n) is 21.7. The average Bonchev–Trinajstić information content (AvgIpc) is 3.69. The van der Waals surface area contributed by atoms with Crippen LogP contribution in [0.2, 0.25) is 0 Å². The molecule has 10 aromatic rings. The lowest BCUT2D eigenvalue weighted by Gasteiger charge is -2.11. The Morgan fingerprint density at radius 1 is 0.512 bits per heavy atom. The summed E-state index contributed by atoms with van der Waals surface area (Å²) in [4.78, 5) is 10.1. The van der Waals surface area contributed by atoms with Crippen LogP contribution in [0.15, 0.2) is 121 Å². The third-order valence-electron chi connectivity index (χ3n) is 8.50. The maximum atomic E-state index is 5.15. The molecule has 0 bridgehead atoms. The van der Waals surface area contributed by atoms with Gasteiger partial charge in [0.05, 0.1) is 33.1 Å². The zero-order chi connectivity index (χ0) is 26.7. The van der Waals surface area contributed by atoms with E-state index in [1.165, 1.54) is 42.0 Å². The van der Waals surface area contributed by atoms with Gasteiger partial charge in [-0.3, -0.25) is 9.38 Å². The van der Waals surface area contributed by atoms with Crippen molar-refractivity contribution in [3.05, 3.63) is 121 Å². The standard InChI is InChI=1S/C36H20N4S/c1-2-9-21(10-3-1)39-31-19-27-26(35-30(14-8-16-37-35)40-29-13-6-5-12-28(29)38-36(27)40)18-24(31)23-17-25-22-11-4-7-15-33(22)41-34(25)20-32(23)39/h1-20H. The fraction of sp³-hybridized carbons (Fsp3) is 0. The smallest absolute Gasteiger partial charge is 0.146 e. The highest BCUT2D eigenvalue weighted by Crippen LogP contribution is 2.43. The molecule has 0 aliphatic carbocycles. The number of rotatable bonds is 1. The second-order valence-corrected chi connectivity index (χ2v) is 11.8. The van der Waals surface area contributed by atoms with Gasteiger partial charge in [-0.1, -0.05) is 48.5 Å². The van der Waals surface area contributed by atoms with E-state index in [1.54, 1.807) is 0 Å². The summed E-state index contributed by atoms with van der Waals surface area (Å²) < 4.78 is 7.30.